The van der Waals surface area contributed by atoms with E-state index in [1.165, 1.54) is 5.69 Å². The number of aromatic nitrogens is 2. The summed E-state index contributed by atoms with van der Waals surface area (Å²) in [6, 6.07) is 5.92. The molecule has 1 saturated heterocycles. The molecule has 6 heteroatoms. The Morgan fingerprint density at radius 2 is 2.26 bits per heavy atom. The van der Waals surface area contributed by atoms with Gasteiger partial charge in [0, 0.05) is 35.9 Å². The van der Waals surface area contributed by atoms with Gasteiger partial charge >= 0.3 is 0 Å². The number of phenols is 1. The third-order valence-electron chi connectivity index (χ3n) is 6.10. The zero-order valence-electron chi connectivity index (χ0n) is 16.0. The monoisotopic (exact) mass is 370 g/mol. The summed E-state index contributed by atoms with van der Waals surface area (Å²) in [5, 5.41) is 14.6. The van der Waals surface area contributed by atoms with Crippen molar-refractivity contribution >= 4 is 6.29 Å². The summed E-state index contributed by atoms with van der Waals surface area (Å²) in [7, 11) is 0. The Balaban J connectivity index is 1.60. The first-order valence-electron chi connectivity index (χ1n) is 9.51. The van der Waals surface area contributed by atoms with Crippen molar-refractivity contribution in [3.8, 4) is 11.5 Å². The normalized spacial score (nSPS) is 26.7. The molecule has 3 unspecified atom stereocenters. The second-order valence-corrected chi connectivity index (χ2v) is 8.00. The molecule has 1 aliphatic carbocycles. The second-order valence-electron chi connectivity index (χ2n) is 8.00. The van der Waals surface area contributed by atoms with Crippen molar-refractivity contribution in [3.05, 3.63) is 41.2 Å². The molecule has 27 heavy (non-hydrogen) atoms. The van der Waals surface area contributed by atoms with Crippen molar-refractivity contribution in [2.45, 2.75) is 39.2 Å². The number of carbonyl (C=O) groups is 1. The molecular weight excluding hydrogens is 344 g/mol. The highest BCUT2D eigenvalue weighted by molar-refractivity contribution is 5.84. The molecule has 2 fully saturated rings. The maximum atomic E-state index is 11.4. The van der Waals surface area contributed by atoms with Crippen LogP contribution in [0.25, 0.3) is 0 Å². The van der Waals surface area contributed by atoms with Crippen molar-refractivity contribution in [2.75, 3.05) is 19.8 Å². The van der Waals surface area contributed by atoms with Gasteiger partial charge in [0.2, 0.25) is 0 Å². The standard InChI is InChI=1S/C21H26N2O4/c1-13(2)23-17(6-8-22-23)19-16-7-9-26-11-21(16,19)12-27-18-5-4-14(3)20(25)15(18)10-24/h4-6,8,10,13,16,19,25H,7,9,11-12H2,1-3H3. The van der Waals surface area contributed by atoms with Crippen LogP contribution in [0.2, 0.25) is 0 Å². The van der Waals surface area contributed by atoms with Crippen LogP contribution in [0.5, 0.6) is 11.5 Å². The molecule has 1 N–H and O–H groups in total. The molecule has 0 radical (unpaired) electrons. The number of fused-ring (bicyclic) bond motifs is 1. The van der Waals surface area contributed by atoms with E-state index in [9.17, 15) is 9.90 Å². The van der Waals surface area contributed by atoms with Gasteiger partial charge in [0.05, 0.1) is 18.8 Å². The van der Waals surface area contributed by atoms with Crippen LogP contribution in [-0.2, 0) is 4.74 Å². The Morgan fingerprint density at radius 1 is 1.44 bits per heavy atom. The third-order valence-corrected chi connectivity index (χ3v) is 6.10. The summed E-state index contributed by atoms with van der Waals surface area (Å²) in [5.41, 5.74) is 1.99. The lowest BCUT2D eigenvalue weighted by atomic mass is 10.0. The Bertz CT molecular complexity index is 860. The number of aryl methyl sites for hydroxylation is 1. The molecule has 0 amide bonds. The van der Waals surface area contributed by atoms with Gasteiger partial charge < -0.3 is 14.6 Å². The summed E-state index contributed by atoms with van der Waals surface area (Å²) >= 11 is 0. The first kappa shape index (κ1) is 18.0. The van der Waals surface area contributed by atoms with Gasteiger partial charge in [0.15, 0.2) is 6.29 Å². The van der Waals surface area contributed by atoms with E-state index in [4.69, 9.17) is 9.47 Å². The fourth-order valence-electron chi connectivity index (χ4n) is 4.59. The van der Waals surface area contributed by atoms with Crippen LogP contribution in [0.1, 0.15) is 53.8 Å². The second kappa shape index (κ2) is 6.68. The highest BCUT2D eigenvalue weighted by Crippen LogP contribution is 2.68. The summed E-state index contributed by atoms with van der Waals surface area (Å²) in [6.07, 6.45) is 3.51. The molecule has 6 nitrogen and oxygen atoms in total. The van der Waals surface area contributed by atoms with Gasteiger partial charge in [0.1, 0.15) is 11.5 Å². The first-order valence-corrected chi connectivity index (χ1v) is 9.51. The molecule has 144 valence electrons. The molecule has 0 spiro atoms. The Kier molecular flexibility index (Phi) is 4.46. The number of nitrogens with zero attached hydrogens (tertiary/aromatic N) is 2. The lowest BCUT2D eigenvalue weighted by Gasteiger charge is -2.23. The van der Waals surface area contributed by atoms with Gasteiger partial charge in [-0.25, -0.2) is 0 Å². The Hall–Kier alpha value is -2.34. The average molecular weight is 370 g/mol. The maximum absolute atomic E-state index is 11.4. The number of benzene rings is 1. The smallest absolute Gasteiger partial charge is 0.157 e. The number of hydrogen-bond acceptors (Lipinski definition) is 5. The number of aldehydes is 1. The zero-order valence-corrected chi connectivity index (χ0v) is 16.0. The van der Waals surface area contributed by atoms with Gasteiger partial charge in [-0.15, -0.1) is 0 Å². The molecule has 4 rings (SSSR count). The number of ether oxygens (including phenoxy) is 2. The minimum atomic E-state index is -0.106. The molecule has 2 aromatic rings. The van der Waals surface area contributed by atoms with Crippen LogP contribution in [0.3, 0.4) is 0 Å². The largest absolute Gasteiger partial charge is 0.507 e. The van der Waals surface area contributed by atoms with Gasteiger partial charge in [0.25, 0.3) is 0 Å². The molecule has 3 atom stereocenters. The highest BCUT2D eigenvalue weighted by Gasteiger charge is 2.67. The van der Waals surface area contributed by atoms with Crippen LogP contribution in [0.15, 0.2) is 24.4 Å². The molecule has 1 aromatic heterocycles. The van der Waals surface area contributed by atoms with Crippen LogP contribution >= 0.6 is 0 Å². The van der Waals surface area contributed by atoms with Crippen molar-refractivity contribution in [2.24, 2.45) is 11.3 Å². The van der Waals surface area contributed by atoms with Crippen LogP contribution < -0.4 is 4.74 Å². The highest BCUT2D eigenvalue weighted by atomic mass is 16.5. The minimum absolute atomic E-state index is 0.0123. The molecule has 1 saturated carbocycles. The summed E-state index contributed by atoms with van der Waals surface area (Å²) in [6.45, 7) is 7.89. The quantitative estimate of drug-likeness (QED) is 0.788. The lowest BCUT2D eigenvalue weighted by molar-refractivity contribution is 0.0238. The Labute approximate surface area is 159 Å². The topological polar surface area (TPSA) is 73.6 Å². The van der Waals surface area contributed by atoms with Gasteiger partial charge in [-0.1, -0.05) is 6.07 Å². The molecule has 2 aliphatic rings. The molecular formula is C21H26N2O4. The van der Waals surface area contributed by atoms with Gasteiger partial charge in [-0.3, -0.25) is 9.48 Å². The van der Waals surface area contributed by atoms with Crippen molar-refractivity contribution in [1.29, 1.82) is 0 Å². The van der Waals surface area contributed by atoms with E-state index < -0.39 is 0 Å². The number of rotatable bonds is 6. The number of hydrogen-bond donors (Lipinski definition) is 1. The minimum Gasteiger partial charge on any atom is -0.507 e. The third kappa shape index (κ3) is 2.83. The number of aromatic hydroxyl groups is 1. The fraction of sp³-hybridized carbons (Fsp3) is 0.524. The number of phenolic OH excluding ortho intramolecular Hbond substituents is 1. The predicted octanol–water partition coefficient (Wildman–Crippen LogP) is 3.49. The zero-order chi connectivity index (χ0) is 19.2. The van der Waals surface area contributed by atoms with E-state index >= 15 is 0 Å². The van der Waals surface area contributed by atoms with E-state index in [0.29, 0.717) is 48.7 Å². The average Bonchev–Trinajstić information content (AvgIpc) is 3.05. The first-order chi connectivity index (χ1) is 13.0. The SMILES string of the molecule is Cc1ccc(OCC23COCCC2C3c2ccnn2C(C)C)c(C=O)c1O. The van der Waals surface area contributed by atoms with Crippen LogP contribution in [0, 0.1) is 18.3 Å². The van der Waals surface area contributed by atoms with E-state index in [2.05, 4.69) is 29.7 Å². The van der Waals surface area contributed by atoms with Crippen LogP contribution in [0.4, 0.5) is 0 Å². The molecule has 1 aliphatic heterocycles. The molecule has 1 aromatic carbocycles. The lowest BCUT2D eigenvalue weighted by Crippen LogP contribution is -2.27. The van der Waals surface area contributed by atoms with Crippen LogP contribution in [-0.4, -0.2) is 41.0 Å². The maximum Gasteiger partial charge on any atom is 0.157 e. The van der Waals surface area contributed by atoms with E-state index in [1.54, 1.807) is 19.1 Å². The van der Waals surface area contributed by atoms with Gasteiger partial charge in [-0.2, -0.15) is 5.10 Å². The van der Waals surface area contributed by atoms with Gasteiger partial charge in [-0.05, 0) is 50.8 Å². The predicted molar refractivity (Wildman–Crippen MR) is 100 cm³/mol. The van der Waals surface area contributed by atoms with Crippen molar-refractivity contribution in [1.82, 2.24) is 9.78 Å². The van der Waals surface area contributed by atoms with E-state index in [0.717, 1.165) is 13.0 Å². The number of carbonyl (C=O) groups excluding carboxylic acids is 1. The fourth-order valence-corrected chi connectivity index (χ4v) is 4.59. The Morgan fingerprint density at radius 3 is 3.00 bits per heavy atom. The summed E-state index contributed by atoms with van der Waals surface area (Å²) in [5.74, 6) is 1.24. The van der Waals surface area contributed by atoms with E-state index in [1.807, 2.05) is 6.20 Å². The van der Waals surface area contributed by atoms with Crippen molar-refractivity contribution < 1.29 is 19.4 Å². The van der Waals surface area contributed by atoms with E-state index in [-0.39, 0.29) is 16.7 Å². The molecule has 0 bridgehead atoms. The molecule has 2 heterocycles. The summed E-state index contributed by atoms with van der Waals surface area (Å²) < 4.78 is 14.0. The van der Waals surface area contributed by atoms with Crippen molar-refractivity contribution in [3.63, 3.8) is 0 Å². The summed E-state index contributed by atoms with van der Waals surface area (Å²) in [4.78, 5) is 11.4.